The summed E-state index contributed by atoms with van der Waals surface area (Å²) >= 11 is 6.98. The van der Waals surface area contributed by atoms with Crippen molar-refractivity contribution in [3.8, 4) is 0 Å². The van der Waals surface area contributed by atoms with Crippen LogP contribution in [0.4, 0.5) is 5.82 Å². The lowest BCUT2D eigenvalue weighted by Gasteiger charge is -2.12. The third kappa shape index (κ3) is 2.93. The summed E-state index contributed by atoms with van der Waals surface area (Å²) in [4.78, 5) is 0. The Bertz CT molecular complexity index is 444. The number of nitrogens with zero attached hydrogens (tertiary/aromatic N) is 2. The van der Waals surface area contributed by atoms with Gasteiger partial charge in [-0.15, -0.1) is 0 Å². The number of aromatic nitrogens is 2. The van der Waals surface area contributed by atoms with E-state index in [9.17, 15) is 0 Å². The average molecular weight is 254 g/mol. The predicted octanol–water partition coefficient (Wildman–Crippen LogP) is 3.23. The van der Waals surface area contributed by atoms with E-state index in [2.05, 4.69) is 33.1 Å². The molecule has 0 aliphatic heterocycles. The Kier molecular flexibility index (Phi) is 3.74. The summed E-state index contributed by atoms with van der Waals surface area (Å²) in [6, 6.07) is 10.6. The Hall–Kier alpha value is -1.13. The van der Waals surface area contributed by atoms with Gasteiger partial charge in [0.05, 0.1) is 11.7 Å². The lowest BCUT2D eigenvalue weighted by atomic mass is 10.1. The Morgan fingerprint density at radius 1 is 1.31 bits per heavy atom. The Morgan fingerprint density at radius 3 is 2.69 bits per heavy atom. The summed E-state index contributed by atoms with van der Waals surface area (Å²) in [5.41, 5.74) is 1.29. The van der Waals surface area contributed by atoms with Crippen LogP contribution in [0.25, 0.3) is 0 Å². The second kappa shape index (κ2) is 5.27. The molecule has 1 heterocycles. The molecule has 1 unspecified atom stereocenters. The van der Waals surface area contributed by atoms with Crippen molar-refractivity contribution in [3.05, 3.63) is 41.0 Å². The Morgan fingerprint density at radius 2 is 2.06 bits per heavy atom. The van der Waals surface area contributed by atoms with Crippen LogP contribution in [0.5, 0.6) is 0 Å². The van der Waals surface area contributed by atoms with E-state index in [0.29, 0.717) is 11.0 Å². The zero-order valence-corrected chi connectivity index (χ0v) is 10.4. The highest BCUT2D eigenvalue weighted by Gasteiger charge is 2.09. The van der Waals surface area contributed by atoms with E-state index in [0.717, 1.165) is 18.1 Å². The van der Waals surface area contributed by atoms with Crippen molar-refractivity contribution < 1.29 is 0 Å². The second-order valence-electron chi connectivity index (χ2n) is 3.64. The highest BCUT2D eigenvalue weighted by molar-refractivity contribution is 6.99. The molecule has 0 saturated carbocycles. The first-order chi connectivity index (χ1) is 7.75. The average Bonchev–Trinajstić information content (AvgIpc) is 2.66. The molecule has 2 aromatic rings. The van der Waals surface area contributed by atoms with Gasteiger partial charge in [0.15, 0.2) is 11.0 Å². The zero-order chi connectivity index (χ0) is 11.4. The minimum atomic E-state index is 0.281. The van der Waals surface area contributed by atoms with E-state index >= 15 is 0 Å². The minimum absolute atomic E-state index is 0.281. The van der Waals surface area contributed by atoms with E-state index in [-0.39, 0.29) is 6.04 Å². The van der Waals surface area contributed by atoms with Crippen molar-refractivity contribution in [1.82, 2.24) is 8.75 Å². The van der Waals surface area contributed by atoms with E-state index in [1.807, 2.05) is 18.2 Å². The van der Waals surface area contributed by atoms with Gasteiger partial charge >= 0.3 is 0 Å². The first kappa shape index (κ1) is 11.4. The minimum Gasteiger partial charge on any atom is -0.364 e. The van der Waals surface area contributed by atoms with E-state index in [1.165, 1.54) is 5.56 Å². The molecule has 84 valence electrons. The van der Waals surface area contributed by atoms with Gasteiger partial charge in [0.25, 0.3) is 0 Å². The molecular formula is C11H12ClN3S. The fraction of sp³-hybridized carbons (Fsp3) is 0.273. The lowest BCUT2D eigenvalue weighted by molar-refractivity contribution is 0.787. The second-order valence-corrected chi connectivity index (χ2v) is 4.53. The summed E-state index contributed by atoms with van der Waals surface area (Å²) in [7, 11) is 0. The number of hydrogen-bond acceptors (Lipinski definition) is 4. The van der Waals surface area contributed by atoms with Gasteiger partial charge in [-0.05, 0) is 18.9 Å². The van der Waals surface area contributed by atoms with Gasteiger partial charge in [-0.2, -0.15) is 8.75 Å². The normalized spacial score (nSPS) is 12.4. The SMILES string of the molecule is CC(Cc1ccccc1)Nc1nsnc1Cl. The fourth-order valence-corrected chi connectivity index (χ4v) is 2.18. The van der Waals surface area contributed by atoms with Crippen molar-refractivity contribution in [2.24, 2.45) is 0 Å². The van der Waals surface area contributed by atoms with Gasteiger partial charge in [-0.3, -0.25) is 0 Å². The molecule has 1 N–H and O–H groups in total. The van der Waals surface area contributed by atoms with Crippen LogP contribution < -0.4 is 5.32 Å². The molecule has 5 heteroatoms. The molecule has 0 fully saturated rings. The molecule has 0 spiro atoms. The van der Waals surface area contributed by atoms with Gasteiger partial charge in [-0.1, -0.05) is 41.9 Å². The standard InChI is InChI=1S/C11H12ClN3S/c1-8(7-9-5-3-2-4-6-9)13-11-10(12)14-16-15-11/h2-6,8H,7H2,1H3,(H,13,15). The summed E-state index contributed by atoms with van der Waals surface area (Å²) in [6.45, 7) is 2.10. The van der Waals surface area contributed by atoms with Gasteiger partial charge in [0, 0.05) is 6.04 Å². The van der Waals surface area contributed by atoms with Crippen LogP contribution in [0, 0.1) is 0 Å². The number of hydrogen-bond donors (Lipinski definition) is 1. The molecule has 0 aliphatic rings. The molecule has 0 saturated heterocycles. The Labute approximate surface area is 104 Å². The van der Waals surface area contributed by atoms with Crippen LogP contribution in [0.2, 0.25) is 5.15 Å². The van der Waals surface area contributed by atoms with E-state index in [1.54, 1.807) is 0 Å². The van der Waals surface area contributed by atoms with Crippen molar-refractivity contribution in [1.29, 1.82) is 0 Å². The van der Waals surface area contributed by atoms with E-state index in [4.69, 9.17) is 11.6 Å². The smallest absolute Gasteiger partial charge is 0.186 e. The third-order valence-electron chi connectivity index (χ3n) is 2.22. The summed E-state index contributed by atoms with van der Waals surface area (Å²) in [6.07, 6.45) is 0.939. The molecule has 1 atom stereocenters. The van der Waals surface area contributed by atoms with Crippen molar-refractivity contribution in [3.63, 3.8) is 0 Å². The molecule has 0 radical (unpaired) electrons. The van der Waals surface area contributed by atoms with Crippen molar-refractivity contribution in [2.45, 2.75) is 19.4 Å². The van der Waals surface area contributed by atoms with Gasteiger partial charge in [0.2, 0.25) is 0 Å². The predicted molar refractivity (Wildman–Crippen MR) is 68.1 cm³/mol. The van der Waals surface area contributed by atoms with Crippen LogP contribution in [0.15, 0.2) is 30.3 Å². The maximum Gasteiger partial charge on any atom is 0.186 e. The number of anilines is 1. The van der Waals surface area contributed by atoms with E-state index < -0.39 is 0 Å². The molecular weight excluding hydrogens is 242 g/mol. The molecule has 1 aromatic heterocycles. The molecule has 2 rings (SSSR count). The third-order valence-corrected chi connectivity index (χ3v) is 3.11. The van der Waals surface area contributed by atoms with Crippen LogP contribution in [0.3, 0.4) is 0 Å². The largest absolute Gasteiger partial charge is 0.364 e. The maximum absolute atomic E-state index is 5.86. The monoisotopic (exact) mass is 253 g/mol. The summed E-state index contributed by atoms with van der Waals surface area (Å²) in [5.74, 6) is 0.676. The zero-order valence-electron chi connectivity index (χ0n) is 8.85. The molecule has 0 aliphatic carbocycles. The van der Waals surface area contributed by atoms with Crippen LogP contribution in [0.1, 0.15) is 12.5 Å². The van der Waals surface area contributed by atoms with Crippen LogP contribution in [-0.2, 0) is 6.42 Å². The molecule has 0 bridgehead atoms. The van der Waals surface area contributed by atoms with Gasteiger partial charge < -0.3 is 5.32 Å². The first-order valence-electron chi connectivity index (χ1n) is 5.04. The number of rotatable bonds is 4. The van der Waals surface area contributed by atoms with Crippen molar-refractivity contribution >= 4 is 29.1 Å². The highest BCUT2D eigenvalue weighted by atomic mass is 35.5. The first-order valence-corrected chi connectivity index (χ1v) is 6.15. The molecule has 3 nitrogen and oxygen atoms in total. The van der Waals surface area contributed by atoms with Gasteiger partial charge in [0.1, 0.15) is 0 Å². The molecule has 0 amide bonds. The van der Waals surface area contributed by atoms with Crippen molar-refractivity contribution in [2.75, 3.05) is 5.32 Å². The number of benzene rings is 1. The highest BCUT2D eigenvalue weighted by Crippen LogP contribution is 2.19. The topological polar surface area (TPSA) is 37.8 Å². The van der Waals surface area contributed by atoms with Crippen LogP contribution >= 0.6 is 23.3 Å². The maximum atomic E-state index is 5.86. The lowest BCUT2D eigenvalue weighted by Crippen LogP contribution is -2.18. The fourth-order valence-electron chi connectivity index (χ4n) is 1.52. The quantitative estimate of drug-likeness (QED) is 0.909. The number of halogens is 1. The number of nitrogens with one attached hydrogen (secondary N) is 1. The summed E-state index contributed by atoms with van der Waals surface area (Å²) < 4.78 is 8.00. The Balaban J connectivity index is 1.95. The summed E-state index contributed by atoms with van der Waals surface area (Å²) in [5, 5.41) is 3.69. The molecule has 1 aromatic carbocycles. The van der Waals surface area contributed by atoms with Gasteiger partial charge in [-0.25, -0.2) is 0 Å². The van der Waals surface area contributed by atoms with Crippen LogP contribution in [-0.4, -0.2) is 14.8 Å². The molecule has 16 heavy (non-hydrogen) atoms.